The highest BCUT2D eigenvalue weighted by Crippen LogP contribution is 2.20. The Kier molecular flexibility index (Phi) is 4.07. The van der Waals surface area contributed by atoms with E-state index >= 15 is 0 Å². The number of aromatic nitrogens is 2. The number of carbonyl (C=O) groups excluding carboxylic acids is 1. The normalized spacial score (nSPS) is 19.0. The lowest BCUT2D eigenvalue weighted by Crippen LogP contribution is -2.38. The topological polar surface area (TPSA) is 41.4 Å². The summed E-state index contributed by atoms with van der Waals surface area (Å²) in [4.78, 5) is 17.8. The molecular formula is C15H20N4OS. The van der Waals surface area contributed by atoms with Gasteiger partial charge in [-0.1, -0.05) is 6.07 Å². The SMILES string of the molecule is CN(C)C(=O)[C@@H]1CN(Cc2cccs2)Cc2ccnn2C1. The first kappa shape index (κ1) is 14.3. The van der Waals surface area contributed by atoms with Crippen molar-refractivity contribution in [1.82, 2.24) is 19.6 Å². The summed E-state index contributed by atoms with van der Waals surface area (Å²) >= 11 is 1.76. The summed E-state index contributed by atoms with van der Waals surface area (Å²) in [7, 11) is 3.64. The minimum atomic E-state index is -0.0406. The van der Waals surface area contributed by atoms with Crippen LogP contribution < -0.4 is 0 Å². The van der Waals surface area contributed by atoms with Gasteiger partial charge in [-0.15, -0.1) is 11.3 Å². The molecule has 6 heteroatoms. The lowest BCUT2D eigenvalue weighted by molar-refractivity contribution is -0.134. The van der Waals surface area contributed by atoms with E-state index < -0.39 is 0 Å². The zero-order chi connectivity index (χ0) is 14.8. The molecular weight excluding hydrogens is 284 g/mol. The summed E-state index contributed by atoms with van der Waals surface area (Å²) in [6.45, 7) is 3.17. The molecule has 3 heterocycles. The maximum atomic E-state index is 12.4. The van der Waals surface area contributed by atoms with E-state index in [4.69, 9.17) is 0 Å². The van der Waals surface area contributed by atoms with Gasteiger partial charge in [-0.05, 0) is 17.5 Å². The van der Waals surface area contributed by atoms with Gasteiger partial charge in [-0.3, -0.25) is 14.4 Å². The molecule has 0 bridgehead atoms. The summed E-state index contributed by atoms with van der Waals surface area (Å²) in [6, 6.07) is 6.27. The van der Waals surface area contributed by atoms with Gasteiger partial charge in [0.2, 0.25) is 5.91 Å². The van der Waals surface area contributed by atoms with Gasteiger partial charge in [-0.25, -0.2) is 0 Å². The van der Waals surface area contributed by atoms with Crippen molar-refractivity contribution in [1.29, 1.82) is 0 Å². The van der Waals surface area contributed by atoms with E-state index in [0.29, 0.717) is 6.54 Å². The lowest BCUT2D eigenvalue weighted by Gasteiger charge is -2.24. The molecule has 2 aromatic heterocycles. The highest BCUT2D eigenvalue weighted by atomic mass is 32.1. The van der Waals surface area contributed by atoms with Crippen molar-refractivity contribution in [3.8, 4) is 0 Å². The Morgan fingerprint density at radius 2 is 2.29 bits per heavy atom. The fraction of sp³-hybridized carbons (Fsp3) is 0.467. The molecule has 1 aliphatic heterocycles. The van der Waals surface area contributed by atoms with Crippen LogP contribution in [0.4, 0.5) is 0 Å². The first-order chi connectivity index (χ1) is 10.1. The number of fused-ring (bicyclic) bond motifs is 1. The minimum Gasteiger partial charge on any atom is -0.348 e. The molecule has 0 aliphatic carbocycles. The molecule has 1 atom stereocenters. The number of carbonyl (C=O) groups is 1. The highest BCUT2D eigenvalue weighted by Gasteiger charge is 2.28. The van der Waals surface area contributed by atoms with Crippen molar-refractivity contribution in [2.75, 3.05) is 20.6 Å². The van der Waals surface area contributed by atoms with Crippen molar-refractivity contribution < 1.29 is 4.79 Å². The molecule has 0 unspecified atom stereocenters. The van der Waals surface area contributed by atoms with Crippen molar-refractivity contribution in [2.24, 2.45) is 5.92 Å². The van der Waals surface area contributed by atoms with Crippen LogP contribution in [-0.2, 0) is 24.4 Å². The summed E-state index contributed by atoms with van der Waals surface area (Å²) in [5.41, 5.74) is 1.18. The molecule has 0 saturated heterocycles. The fourth-order valence-corrected chi connectivity index (χ4v) is 3.54. The highest BCUT2D eigenvalue weighted by molar-refractivity contribution is 7.09. The number of hydrogen-bond donors (Lipinski definition) is 0. The Morgan fingerprint density at radius 1 is 1.43 bits per heavy atom. The molecule has 5 nitrogen and oxygen atoms in total. The van der Waals surface area contributed by atoms with Crippen LogP contribution in [0.15, 0.2) is 29.8 Å². The van der Waals surface area contributed by atoms with Crippen LogP contribution in [-0.4, -0.2) is 46.1 Å². The molecule has 1 aliphatic rings. The van der Waals surface area contributed by atoms with E-state index in [0.717, 1.165) is 19.6 Å². The molecule has 112 valence electrons. The van der Waals surface area contributed by atoms with Gasteiger partial charge in [0, 0.05) is 44.8 Å². The van der Waals surface area contributed by atoms with Crippen molar-refractivity contribution in [3.63, 3.8) is 0 Å². The van der Waals surface area contributed by atoms with E-state index in [9.17, 15) is 4.79 Å². The third-order valence-electron chi connectivity index (χ3n) is 3.81. The zero-order valence-electron chi connectivity index (χ0n) is 12.4. The van der Waals surface area contributed by atoms with Gasteiger partial charge in [0.25, 0.3) is 0 Å². The van der Waals surface area contributed by atoms with Crippen LogP contribution >= 0.6 is 11.3 Å². The van der Waals surface area contributed by atoms with Crippen molar-refractivity contribution >= 4 is 17.2 Å². The number of amides is 1. The number of thiophene rings is 1. The van der Waals surface area contributed by atoms with E-state index in [1.165, 1.54) is 10.6 Å². The van der Waals surface area contributed by atoms with Crippen molar-refractivity contribution in [2.45, 2.75) is 19.6 Å². The largest absolute Gasteiger partial charge is 0.348 e. The predicted molar refractivity (Wildman–Crippen MR) is 82.8 cm³/mol. The molecule has 0 N–H and O–H groups in total. The maximum absolute atomic E-state index is 12.4. The molecule has 0 spiro atoms. The predicted octanol–water partition coefficient (Wildman–Crippen LogP) is 1.66. The van der Waals surface area contributed by atoms with Crippen LogP contribution in [0.3, 0.4) is 0 Å². The second-order valence-corrected chi connectivity index (χ2v) is 6.72. The zero-order valence-corrected chi connectivity index (χ0v) is 13.2. The Morgan fingerprint density at radius 3 is 3.00 bits per heavy atom. The summed E-state index contributed by atoms with van der Waals surface area (Å²) in [5, 5.41) is 6.46. The molecule has 21 heavy (non-hydrogen) atoms. The van der Waals surface area contributed by atoms with Crippen LogP contribution in [0.25, 0.3) is 0 Å². The molecule has 0 saturated carbocycles. The van der Waals surface area contributed by atoms with E-state index in [2.05, 4.69) is 27.5 Å². The Hall–Kier alpha value is -1.66. The number of rotatable bonds is 3. The first-order valence-electron chi connectivity index (χ1n) is 7.10. The van der Waals surface area contributed by atoms with E-state index in [-0.39, 0.29) is 11.8 Å². The molecule has 0 aromatic carbocycles. The van der Waals surface area contributed by atoms with Crippen LogP contribution in [0, 0.1) is 5.92 Å². The Labute approximate surface area is 128 Å². The second kappa shape index (κ2) is 5.99. The maximum Gasteiger partial charge on any atom is 0.228 e. The third-order valence-corrected chi connectivity index (χ3v) is 4.67. The summed E-state index contributed by atoms with van der Waals surface area (Å²) in [6.07, 6.45) is 1.82. The van der Waals surface area contributed by atoms with Crippen molar-refractivity contribution in [3.05, 3.63) is 40.3 Å². The van der Waals surface area contributed by atoms with Crippen LogP contribution in [0.5, 0.6) is 0 Å². The van der Waals surface area contributed by atoms with Gasteiger partial charge in [0.1, 0.15) is 0 Å². The average Bonchev–Trinajstić information content (AvgIpc) is 3.07. The smallest absolute Gasteiger partial charge is 0.228 e. The van der Waals surface area contributed by atoms with E-state index in [1.54, 1.807) is 16.2 Å². The first-order valence-corrected chi connectivity index (χ1v) is 7.98. The molecule has 1 amide bonds. The van der Waals surface area contributed by atoms with Crippen LogP contribution in [0.1, 0.15) is 10.6 Å². The molecule has 0 fully saturated rings. The van der Waals surface area contributed by atoms with Gasteiger partial charge in [0.05, 0.1) is 18.2 Å². The standard InChI is InChI=1S/C15H20N4OS/c1-17(2)15(20)12-8-18(11-14-4-3-7-21-14)10-13-5-6-16-19(13)9-12/h3-7,12H,8-11H2,1-2H3/t12-/m1/s1. The fourth-order valence-electron chi connectivity index (χ4n) is 2.80. The second-order valence-electron chi connectivity index (χ2n) is 5.68. The Bertz CT molecular complexity index is 605. The van der Waals surface area contributed by atoms with Gasteiger partial charge in [-0.2, -0.15) is 5.10 Å². The minimum absolute atomic E-state index is 0.0406. The number of hydrogen-bond acceptors (Lipinski definition) is 4. The van der Waals surface area contributed by atoms with Gasteiger partial charge in [0.15, 0.2) is 0 Å². The molecule has 3 rings (SSSR count). The lowest BCUT2D eigenvalue weighted by atomic mass is 10.1. The monoisotopic (exact) mass is 304 g/mol. The molecule has 0 radical (unpaired) electrons. The van der Waals surface area contributed by atoms with E-state index in [1.807, 2.05) is 31.0 Å². The average molecular weight is 304 g/mol. The summed E-state index contributed by atoms with van der Waals surface area (Å²) in [5.74, 6) is 0.135. The van der Waals surface area contributed by atoms with Gasteiger partial charge >= 0.3 is 0 Å². The van der Waals surface area contributed by atoms with Gasteiger partial charge < -0.3 is 4.90 Å². The quantitative estimate of drug-likeness (QED) is 0.866. The third kappa shape index (κ3) is 3.16. The Balaban J connectivity index is 1.82. The summed E-state index contributed by atoms with van der Waals surface area (Å²) < 4.78 is 1.97. The molecule has 2 aromatic rings. The van der Waals surface area contributed by atoms with Crippen LogP contribution in [0.2, 0.25) is 0 Å². The number of nitrogens with zero attached hydrogens (tertiary/aromatic N) is 4.